The molecule has 0 fully saturated rings. The van der Waals surface area contributed by atoms with Gasteiger partial charge in [0, 0.05) is 24.6 Å². The standard InChI is InChI=1S/C21H22N4O/c1-3-17-6-4-5-15(2)20(17)25-21(26)19-8-7-18(14-24-19)23-13-16-9-11-22-12-10-16/h4-12,14,23H,3,13H2,1-2H3,(H,25,26). The maximum atomic E-state index is 12.5. The van der Waals surface area contributed by atoms with Gasteiger partial charge in [-0.2, -0.15) is 0 Å². The summed E-state index contributed by atoms with van der Waals surface area (Å²) in [6.45, 7) is 4.75. The van der Waals surface area contributed by atoms with E-state index in [1.165, 1.54) is 0 Å². The quantitative estimate of drug-likeness (QED) is 0.701. The van der Waals surface area contributed by atoms with Gasteiger partial charge in [0.2, 0.25) is 0 Å². The van der Waals surface area contributed by atoms with Gasteiger partial charge in [0.15, 0.2) is 0 Å². The first-order chi connectivity index (χ1) is 12.7. The normalized spacial score (nSPS) is 10.4. The van der Waals surface area contributed by atoms with Gasteiger partial charge in [-0.15, -0.1) is 0 Å². The van der Waals surface area contributed by atoms with Gasteiger partial charge >= 0.3 is 0 Å². The number of hydrogen-bond donors (Lipinski definition) is 2. The molecule has 0 saturated carbocycles. The fourth-order valence-electron chi connectivity index (χ4n) is 2.72. The van der Waals surface area contributed by atoms with Crippen LogP contribution in [0, 0.1) is 6.92 Å². The Labute approximate surface area is 153 Å². The van der Waals surface area contributed by atoms with Crippen LogP contribution in [0.15, 0.2) is 61.1 Å². The molecule has 0 bridgehead atoms. The number of rotatable bonds is 6. The second-order valence-electron chi connectivity index (χ2n) is 6.06. The molecular formula is C21H22N4O. The molecule has 0 aliphatic rings. The van der Waals surface area contributed by atoms with Gasteiger partial charge in [0.25, 0.3) is 5.91 Å². The number of aromatic nitrogens is 2. The van der Waals surface area contributed by atoms with Crippen LogP contribution in [0.1, 0.15) is 34.1 Å². The smallest absolute Gasteiger partial charge is 0.274 e. The third-order valence-corrected chi connectivity index (χ3v) is 4.22. The largest absolute Gasteiger partial charge is 0.380 e. The molecule has 1 amide bonds. The molecule has 5 nitrogen and oxygen atoms in total. The third-order valence-electron chi connectivity index (χ3n) is 4.22. The van der Waals surface area contributed by atoms with Gasteiger partial charge in [-0.25, -0.2) is 4.98 Å². The Bertz CT molecular complexity index is 876. The van der Waals surface area contributed by atoms with Crippen molar-refractivity contribution in [1.29, 1.82) is 0 Å². The first kappa shape index (κ1) is 17.6. The molecule has 0 atom stereocenters. The second-order valence-corrected chi connectivity index (χ2v) is 6.06. The third kappa shape index (κ3) is 4.25. The molecule has 132 valence electrons. The van der Waals surface area contributed by atoms with Crippen LogP contribution >= 0.6 is 0 Å². The van der Waals surface area contributed by atoms with Crippen LogP contribution in [0.3, 0.4) is 0 Å². The Hall–Kier alpha value is -3.21. The second kappa shape index (κ2) is 8.25. The van der Waals surface area contributed by atoms with Crippen molar-refractivity contribution in [2.24, 2.45) is 0 Å². The predicted molar refractivity (Wildman–Crippen MR) is 104 cm³/mol. The van der Waals surface area contributed by atoms with Gasteiger partial charge in [-0.05, 0) is 54.3 Å². The fraction of sp³-hybridized carbons (Fsp3) is 0.190. The van der Waals surface area contributed by atoms with Gasteiger partial charge in [-0.1, -0.05) is 25.1 Å². The lowest BCUT2D eigenvalue weighted by molar-refractivity contribution is 0.102. The van der Waals surface area contributed by atoms with E-state index in [0.29, 0.717) is 12.2 Å². The molecule has 0 aliphatic carbocycles. The number of amides is 1. The average molecular weight is 346 g/mol. The molecule has 26 heavy (non-hydrogen) atoms. The van der Waals surface area contributed by atoms with Crippen molar-refractivity contribution in [3.05, 3.63) is 83.4 Å². The lowest BCUT2D eigenvalue weighted by Crippen LogP contribution is -2.15. The SMILES string of the molecule is CCc1cccc(C)c1NC(=O)c1ccc(NCc2ccncc2)cn1. The average Bonchev–Trinajstić information content (AvgIpc) is 2.69. The lowest BCUT2D eigenvalue weighted by Gasteiger charge is -2.13. The van der Waals surface area contributed by atoms with Crippen LogP contribution in [0.2, 0.25) is 0 Å². The topological polar surface area (TPSA) is 66.9 Å². The van der Waals surface area contributed by atoms with Crippen molar-refractivity contribution in [3.63, 3.8) is 0 Å². The highest BCUT2D eigenvalue weighted by atomic mass is 16.1. The van der Waals surface area contributed by atoms with E-state index in [0.717, 1.165) is 34.5 Å². The number of nitrogens with zero attached hydrogens (tertiary/aromatic N) is 2. The number of anilines is 2. The number of aryl methyl sites for hydroxylation is 2. The summed E-state index contributed by atoms with van der Waals surface area (Å²) in [6.07, 6.45) is 6.06. The summed E-state index contributed by atoms with van der Waals surface area (Å²) >= 11 is 0. The summed E-state index contributed by atoms with van der Waals surface area (Å²) in [6, 6.07) is 13.5. The summed E-state index contributed by atoms with van der Waals surface area (Å²) in [5.74, 6) is -0.199. The van der Waals surface area contributed by atoms with Crippen LogP contribution < -0.4 is 10.6 Å². The van der Waals surface area contributed by atoms with E-state index in [2.05, 4.69) is 27.5 Å². The number of carbonyl (C=O) groups is 1. The van der Waals surface area contributed by atoms with Gasteiger partial charge in [-0.3, -0.25) is 9.78 Å². The highest BCUT2D eigenvalue weighted by Gasteiger charge is 2.11. The maximum absolute atomic E-state index is 12.5. The fourth-order valence-corrected chi connectivity index (χ4v) is 2.72. The van der Waals surface area contributed by atoms with E-state index in [-0.39, 0.29) is 5.91 Å². The minimum absolute atomic E-state index is 0.199. The number of carbonyl (C=O) groups excluding carboxylic acids is 1. The minimum atomic E-state index is -0.199. The molecule has 0 saturated heterocycles. The molecule has 1 aromatic carbocycles. The van der Waals surface area contributed by atoms with Crippen molar-refractivity contribution >= 4 is 17.3 Å². The maximum Gasteiger partial charge on any atom is 0.274 e. The Morgan fingerprint density at radius 1 is 1.08 bits per heavy atom. The molecule has 0 radical (unpaired) electrons. The van der Waals surface area contributed by atoms with E-state index >= 15 is 0 Å². The van der Waals surface area contributed by atoms with E-state index < -0.39 is 0 Å². The number of benzene rings is 1. The van der Waals surface area contributed by atoms with E-state index in [4.69, 9.17) is 0 Å². The van der Waals surface area contributed by atoms with Gasteiger partial charge < -0.3 is 10.6 Å². The van der Waals surface area contributed by atoms with Crippen molar-refractivity contribution in [2.45, 2.75) is 26.8 Å². The Kier molecular flexibility index (Phi) is 5.59. The summed E-state index contributed by atoms with van der Waals surface area (Å²) < 4.78 is 0. The van der Waals surface area contributed by atoms with Crippen LogP contribution in [-0.4, -0.2) is 15.9 Å². The van der Waals surface area contributed by atoms with Gasteiger partial charge in [0.05, 0.1) is 11.9 Å². The monoisotopic (exact) mass is 346 g/mol. The Morgan fingerprint density at radius 3 is 2.58 bits per heavy atom. The lowest BCUT2D eigenvalue weighted by atomic mass is 10.1. The van der Waals surface area contributed by atoms with Crippen molar-refractivity contribution < 1.29 is 4.79 Å². The zero-order valence-electron chi connectivity index (χ0n) is 15.0. The summed E-state index contributed by atoms with van der Waals surface area (Å²) in [5.41, 5.74) is 5.44. The summed E-state index contributed by atoms with van der Waals surface area (Å²) in [7, 11) is 0. The molecule has 2 N–H and O–H groups in total. The zero-order valence-corrected chi connectivity index (χ0v) is 15.0. The molecule has 0 spiro atoms. The number of pyridine rings is 2. The first-order valence-corrected chi connectivity index (χ1v) is 8.66. The molecule has 0 aliphatic heterocycles. The van der Waals surface area contributed by atoms with Crippen molar-refractivity contribution in [1.82, 2.24) is 9.97 Å². The number of nitrogens with one attached hydrogen (secondary N) is 2. The molecule has 2 heterocycles. The highest BCUT2D eigenvalue weighted by Crippen LogP contribution is 2.21. The van der Waals surface area contributed by atoms with Crippen LogP contribution in [0.5, 0.6) is 0 Å². The van der Waals surface area contributed by atoms with Crippen molar-refractivity contribution in [2.75, 3.05) is 10.6 Å². The minimum Gasteiger partial charge on any atom is -0.380 e. The highest BCUT2D eigenvalue weighted by molar-refractivity contribution is 6.03. The Balaban J connectivity index is 1.66. The molecule has 3 aromatic rings. The van der Waals surface area contributed by atoms with E-state index in [1.807, 2.05) is 43.3 Å². The number of para-hydroxylation sites is 1. The van der Waals surface area contributed by atoms with Crippen LogP contribution in [0.25, 0.3) is 0 Å². The summed E-state index contributed by atoms with van der Waals surface area (Å²) in [4.78, 5) is 20.8. The molecule has 0 unspecified atom stereocenters. The first-order valence-electron chi connectivity index (χ1n) is 8.66. The summed E-state index contributed by atoms with van der Waals surface area (Å²) in [5, 5.41) is 6.28. The molecular weight excluding hydrogens is 324 g/mol. The van der Waals surface area contributed by atoms with Crippen LogP contribution in [-0.2, 0) is 13.0 Å². The number of hydrogen-bond acceptors (Lipinski definition) is 4. The Morgan fingerprint density at radius 2 is 1.88 bits per heavy atom. The van der Waals surface area contributed by atoms with Gasteiger partial charge in [0.1, 0.15) is 5.69 Å². The molecule has 2 aromatic heterocycles. The van der Waals surface area contributed by atoms with E-state index in [9.17, 15) is 4.79 Å². The van der Waals surface area contributed by atoms with Crippen LogP contribution in [0.4, 0.5) is 11.4 Å². The molecule has 3 rings (SSSR count). The predicted octanol–water partition coefficient (Wildman–Crippen LogP) is 4.21. The molecule has 5 heteroatoms. The van der Waals surface area contributed by atoms with E-state index in [1.54, 1.807) is 24.7 Å². The zero-order chi connectivity index (χ0) is 18.4. The van der Waals surface area contributed by atoms with Crippen molar-refractivity contribution in [3.8, 4) is 0 Å².